The summed E-state index contributed by atoms with van der Waals surface area (Å²) in [6, 6.07) is 24.0. The summed E-state index contributed by atoms with van der Waals surface area (Å²) in [5, 5.41) is 12.8. The van der Waals surface area contributed by atoms with Crippen LogP contribution < -0.4 is 9.80 Å². The molecule has 4 aromatic carbocycles. The topological polar surface area (TPSA) is 95.0 Å². The standard InChI is InChI=1S/C36H25Cl2FN2O5/c37-35-18-26-24(15-16-25-28(26)32(44)40(31(25)43)21-7-2-1-3-8-21)30(29-23-9-5-4-6-19(23)10-17-27(29)42)36(35,38)34(46)41(33(35)45)22-13-11-20(39)12-14-22/h1-15,17,25-26,28,30,42H,16,18H2. The number of hydrogen-bond donors (Lipinski definition) is 1. The molecule has 2 saturated heterocycles. The highest BCUT2D eigenvalue weighted by Crippen LogP contribution is 2.67. The van der Waals surface area contributed by atoms with Crippen molar-refractivity contribution < 1.29 is 28.7 Å². The number of halogens is 3. The Balaban J connectivity index is 1.36. The van der Waals surface area contributed by atoms with Crippen molar-refractivity contribution in [1.29, 1.82) is 0 Å². The molecular formula is C36H25Cl2FN2O5. The molecule has 4 aromatic rings. The number of fused-ring (bicyclic) bond motifs is 5. The van der Waals surface area contributed by atoms with E-state index >= 15 is 0 Å². The van der Waals surface area contributed by atoms with E-state index in [2.05, 4.69) is 0 Å². The lowest BCUT2D eigenvalue weighted by atomic mass is 9.56. The molecule has 3 fully saturated rings. The number of alkyl halides is 2. The van der Waals surface area contributed by atoms with Gasteiger partial charge in [0.25, 0.3) is 11.8 Å². The van der Waals surface area contributed by atoms with Crippen LogP contribution in [0.3, 0.4) is 0 Å². The quantitative estimate of drug-likeness (QED) is 0.156. The Morgan fingerprint density at radius 2 is 1.41 bits per heavy atom. The Morgan fingerprint density at radius 3 is 2.15 bits per heavy atom. The molecule has 4 aliphatic rings. The minimum Gasteiger partial charge on any atom is -0.508 e. The van der Waals surface area contributed by atoms with Crippen LogP contribution in [0.2, 0.25) is 0 Å². The maximum absolute atomic E-state index is 14.6. The molecule has 46 heavy (non-hydrogen) atoms. The maximum atomic E-state index is 14.6. The fourth-order valence-corrected chi connectivity index (χ4v) is 9.05. The van der Waals surface area contributed by atoms with E-state index in [0.717, 1.165) is 22.4 Å². The van der Waals surface area contributed by atoms with Gasteiger partial charge in [-0.05, 0) is 72.0 Å². The molecular weight excluding hydrogens is 630 g/mol. The molecule has 0 aromatic heterocycles. The van der Waals surface area contributed by atoms with Gasteiger partial charge in [-0.25, -0.2) is 9.29 Å². The monoisotopic (exact) mass is 654 g/mol. The zero-order valence-corrected chi connectivity index (χ0v) is 25.6. The highest BCUT2D eigenvalue weighted by atomic mass is 35.5. The van der Waals surface area contributed by atoms with E-state index in [1.165, 1.54) is 23.1 Å². The average molecular weight is 656 g/mol. The lowest BCUT2D eigenvalue weighted by molar-refractivity contribution is -0.125. The van der Waals surface area contributed by atoms with Crippen LogP contribution in [0.4, 0.5) is 15.8 Å². The number of phenolic OH excluding ortho intramolecular Hbond substituents is 1. The summed E-state index contributed by atoms with van der Waals surface area (Å²) < 4.78 is 13.9. The van der Waals surface area contributed by atoms with Gasteiger partial charge in [0.1, 0.15) is 11.6 Å². The van der Waals surface area contributed by atoms with Gasteiger partial charge in [-0.15, -0.1) is 23.2 Å². The van der Waals surface area contributed by atoms with Crippen LogP contribution in [0, 0.1) is 23.6 Å². The number of hydrogen-bond acceptors (Lipinski definition) is 5. The molecule has 4 amide bonds. The predicted molar refractivity (Wildman–Crippen MR) is 171 cm³/mol. The number of allylic oxidation sites excluding steroid dienone is 2. The third-order valence-electron chi connectivity index (χ3n) is 10.1. The first-order valence-corrected chi connectivity index (χ1v) is 15.7. The van der Waals surface area contributed by atoms with Gasteiger partial charge in [0.15, 0.2) is 9.75 Å². The number of imide groups is 2. The van der Waals surface area contributed by atoms with Gasteiger partial charge in [0.05, 0.1) is 23.2 Å². The molecule has 1 N–H and O–H groups in total. The van der Waals surface area contributed by atoms with E-state index in [1.54, 1.807) is 48.5 Å². The number of amides is 4. The molecule has 10 heteroatoms. The Labute approximate surface area is 272 Å². The highest BCUT2D eigenvalue weighted by Gasteiger charge is 2.77. The van der Waals surface area contributed by atoms with Gasteiger partial charge in [-0.3, -0.25) is 24.1 Å². The molecule has 0 spiro atoms. The second kappa shape index (κ2) is 9.98. The summed E-state index contributed by atoms with van der Waals surface area (Å²) in [5.41, 5.74) is 1.39. The Hall–Kier alpha value is -4.53. The second-order valence-electron chi connectivity index (χ2n) is 12.3. The Morgan fingerprint density at radius 1 is 0.739 bits per heavy atom. The van der Waals surface area contributed by atoms with E-state index < -0.39 is 57.0 Å². The van der Waals surface area contributed by atoms with Crippen molar-refractivity contribution in [3.05, 3.63) is 114 Å². The third kappa shape index (κ3) is 3.65. The van der Waals surface area contributed by atoms with E-state index in [-0.39, 0.29) is 30.2 Å². The second-order valence-corrected chi connectivity index (χ2v) is 13.6. The summed E-state index contributed by atoms with van der Waals surface area (Å²) >= 11 is 14.9. The average Bonchev–Trinajstić information content (AvgIpc) is 3.40. The molecule has 6 atom stereocenters. The van der Waals surface area contributed by atoms with Crippen molar-refractivity contribution >= 4 is 69.0 Å². The van der Waals surface area contributed by atoms with E-state index in [4.69, 9.17) is 23.2 Å². The van der Waals surface area contributed by atoms with Crippen molar-refractivity contribution in [2.75, 3.05) is 9.80 Å². The van der Waals surface area contributed by atoms with Gasteiger partial charge >= 0.3 is 0 Å². The fraction of sp³-hybridized carbons (Fsp3) is 0.222. The van der Waals surface area contributed by atoms with E-state index in [0.29, 0.717) is 22.2 Å². The minimum atomic E-state index is -2.15. The van der Waals surface area contributed by atoms with Crippen LogP contribution in [0.15, 0.2) is 103 Å². The van der Waals surface area contributed by atoms with Crippen molar-refractivity contribution in [2.24, 2.45) is 17.8 Å². The molecule has 0 radical (unpaired) electrons. The molecule has 2 aliphatic carbocycles. The SMILES string of the molecule is O=C1C2CC=C3C(CC4(Cl)C(=O)N(c5ccc(F)cc5)C(=O)C4(Cl)C3c3c(O)ccc4ccccc34)C2C(=O)N1c1ccccc1. The van der Waals surface area contributed by atoms with Gasteiger partial charge in [-0.2, -0.15) is 0 Å². The molecule has 0 bridgehead atoms. The number of nitrogens with zero attached hydrogens (tertiary/aromatic N) is 2. The van der Waals surface area contributed by atoms with Gasteiger partial charge in [0, 0.05) is 11.5 Å². The van der Waals surface area contributed by atoms with Gasteiger partial charge < -0.3 is 5.11 Å². The summed E-state index contributed by atoms with van der Waals surface area (Å²) in [7, 11) is 0. The smallest absolute Gasteiger partial charge is 0.258 e. The first-order chi connectivity index (χ1) is 22.1. The predicted octanol–water partition coefficient (Wildman–Crippen LogP) is 6.45. The molecule has 6 unspecified atom stereocenters. The molecule has 230 valence electrons. The lowest BCUT2D eigenvalue weighted by Gasteiger charge is -2.51. The Kier molecular flexibility index (Phi) is 6.27. The van der Waals surface area contributed by atoms with Crippen molar-refractivity contribution in [3.8, 4) is 5.75 Å². The highest BCUT2D eigenvalue weighted by molar-refractivity contribution is 6.58. The molecule has 2 aliphatic heterocycles. The lowest BCUT2D eigenvalue weighted by Crippen LogP contribution is -2.60. The van der Waals surface area contributed by atoms with Crippen molar-refractivity contribution in [2.45, 2.75) is 28.5 Å². The number of benzene rings is 4. The number of rotatable bonds is 3. The van der Waals surface area contributed by atoms with Crippen LogP contribution in [-0.4, -0.2) is 38.5 Å². The normalized spacial score (nSPS) is 30.4. The van der Waals surface area contributed by atoms with Crippen LogP contribution in [0.1, 0.15) is 24.3 Å². The minimum absolute atomic E-state index is 0.0870. The van der Waals surface area contributed by atoms with Crippen LogP contribution in [0.25, 0.3) is 10.8 Å². The number of carbonyl (C=O) groups is 4. The number of phenols is 1. The molecule has 7 nitrogen and oxygen atoms in total. The number of carbonyl (C=O) groups excluding carboxylic acids is 4. The first kappa shape index (κ1) is 28.9. The summed E-state index contributed by atoms with van der Waals surface area (Å²) in [5.74, 6) is -6.65. The first-order valence-electron chi connectivity index (χ1n) is 14.9. The number of para-hydroxylation sites is 1. The van der Waals surface area contributed by atoms with Crippen molar-refractivity contribution in [1.82, 2.24) is 0 Å². The van der Waals surface area contributed by atoms with Gasteiger partial charge in [0.2, 0.25) is 11.8 Å². The van der Waals surface area contributed by atoms with Crippen LogP contribution >= 0.6 is 23.2 Å². The molecule has 8 rings (SSSR count). The van der Waals surface area contributed by atoms with E-state index in [9.17, 15) is 28.7 Å². The Bertz CT molecular complexity index is 2040. The summed E-state index contributed by atoms with van der Waals surface area (Å²) in [6.45, 7) is 0. The molecule has 2 heterocycles. The maximum Gasteiger partial charge on any atom is 0.258 e. The van der Waals surface area contributed by atoms with Gasteiger partial charge in [-0.1, -0.05) is 60.2 Å². The van der Waals surface area contributed by atoms with Crippen LogP contribution in [0.5, 0.6) is 5.75 Å². The zero-order chi connectivity index (χ0) is 32.1. The van der Waals surface area contributed by atoms with Crippen molar-refractivity contribution in [3.63, 3.8) is 0 Å². The van der Waals surface area contributed by atoms with Crippen LogP contribution in [-0.2, 0) is 19.2 Å². The zero-order valence-electron chi connectivity index (χ0n) is 24.1. The number of aromatic hydroxyl groups is 1. The molecule has 1 saturated carbocycles. The van der Waals surface area contributed by atoms with E-state index in [1.807, 2.05) is 18.2 Å². The summed E-state index contributed by atoms with van der Waals surface area (Å²) in [6.07, 6.45) is 1.81. The number of anilines is 2. The fourth-order valence-electron chi connectivity index (χ4n) is 8.13. The summed E-state index contributed by atoms with van der Waals surface area (Å²) in [4.78, 5) is 54.9. The third-order valence-corrected chi connectivity index (χ3v) is 11.6. The largest absolute Gasteiger partial charge is 0.508 e.